The first-order chi connectivity index (χ1) is 18.5. The maximum absolute atomic E-state index is 13.0. The molecule has 0 unspecified atom stereocenters. The summed E-state index contributed by atoms with van der Waals surface area (Å²) in [5.74, 6) is -2.47. The third-order valence-corrected chi connectivity index (χ3v) is 9.68. The van der Waals surface area contributed by atoms with Gasteiger partial charge in [0, 0.05) is 12.1 Å². The van der Waals surface area contributed by atoms with Crippen LogP contribution in [0.4, 0.5) is 0 Å². The molecule has 3 aromatic carbocycles. The normalized spacial score (nSPS) is 12.2. The van der Waals surface area contributed by atoms with Gasteiger partial charge in [-0.25, -0.2) is 14.4 Å². The van der Waals surface area contributed by atoms with Crippen molar-refractivity contribution in [3.8, 4) is 17.2 Å². The average Bonchev–Trinajstić information content (AvgIpc) is 2.85. The van der Waals surface area contributed by atoms with Gasteiger partial charge in [0.05, 0.1) is 0 Å². The average molecular weight is 1150 g/mol. The highest BCUT2D eigenvalue weighted by molar-refractivity contribution is 9.40. The number of halogens is 9. The van der Waals surface area contributed by atoms with Crippen molar-refractivity contribution >= 4 is 172 Å². The van der Waals surface area contributed by atoms with Crippen LogP contribution in [0.25, 0.3) is 0 Å². The topological polar surface area (TPSA) is 78.9 Å². The summed E-state index contributed by atoms with van der Waals surface area (Å²) in [6, 6.07) is 21.6. The molecule has 3 rings (SSSR count). The van der Waals surface area contributed by atoms with E-state index >= 15 is 0 Å². The second-order valence-electron chi connectivity index (χ2n) is 7.34. The number of alkyl halides is 9. The van der Waals surface area contributed by atoms with Crippen LogP contribution < -0.4 is 14.2 Å². The summed E-state index contributed by atoms with van der Waals surface area (Å²) in [5.41, 5.74) is 0. The standard InChI is InChI=1S/C24H12Br9O6S/c25-22(26,27)19(34)37-13-11-16(38-20(35)23(28,29)30)18(17(12-13)39-21(36)24(31,32)33)40(14-7-3-1-4-8-14)15-9-5-2-6-10-15/h1-12H/q+1. The smallest absolute Gasteiger partial charge is 0.350 e. The second kappa shape index (κ2) is 14.7. The highest BCUT2D eigenvalue weighted by Crippen LogP contribution is 2.48. The first-order valence-corrected chi connectivity index (χ1v) is 18.7. The van der Waals surface area contributed by atoms with Gasteiger partial charge in [-0.2, -0.15) is 0 Å². The number of esters is 3. The van der Waals surface area contributed by atoms with Crippen LogP contribution >= 0.6 is 143 Å². The van der Waals surface area contributed by atoms with Gasteiger partial charge in [-0.3, -0.25) is 0 Å². The monoisotopic (exact) mass is 1140 g/mol. The van der Waals surface area contributed by atoms with Crippen LogP contribution in [0.1, 0.15) is 0 Å². The van der Waals surface area contributed by atoms with E-state index < -0.39 is 35.2 Å². The lowest BCUT2D eigenvalue weighted by Crippen LogP contribution is -2.27. The zero-order valence-corrected chi connectivity index (χ0v) is 34.3. The Morgan fingerprint density at radius 2 is 0.850 bits per heavy atom. The minimum Gasteiger partial charge on any atom is -0.424 e. The summed E-state index contributed by atoms with van der Waals surface area (Å²) in [5, 5.41) is 0. The molecule has 0 N–H and O–H groups in total. The fraction of sp³-hybridized carbons (Fsp3) is 0.125. The van der Waals surface area contributed by atoms with E-state index in [1.165, 1.54) is 12.1 Å². The van der Waals surface area contributed by atoms with Gasteiger partial charge in [-0.05, 0) is 168 Å². The lowest BCUT2D eigenvalue weighted by molar-refractivity contribution is -0.133. The molecular formula is C24H12Br9O6S+. The Hall–Kier alpha value is 0.740. The van der Waals surface area contributed by atoms with Crippen LogP contribution in [-0.4, -0.2) is 24.3 Å². The molecule has 0 aromatic heterocycles. The molecule has 0 fully saturated rings. The Kier molecular flexibility index (Phi) is 12.9. The van der Waals surface area contributed by atoms with E-state index in [1.807, 2.05) is 60.7 Å². The molecule has 0 atom stereocenters. The molecule has 0 saturated heterocycles. The van der Waals surface area contributed by atoms with E-state index in [1.54, 1.807) is 0 Å². The fourth-order valence-electron chi connectivity index (χ4n) is 2.93. The quantitative estimate of drug-likeness (QED) is 0.106. The summed E-state index contributed by atoms with van der Waals surface area (Å²) >= 11 is 28.4. The fourth-order valence-corrected chi connectivity index (χ4v) is 5.86. The molecule has 212 valence electrons. The Labute approximate surface area is 307 Å². The molecule has 0 amide bonds. The number of ether oxygens (including phenoxy) is 3. The molecule has 0 radical (unpaired) electrons. The molecule has 0 aliphatic heterocycles. The molecule has 0 aliphatic rings. The summed E-state index contributed by atoms with van der Waals surface area (Å²) in [6.45, 7) is 0. The zero-order chi connectivity index (χ0) is 29.9. The minimum absolute atomic E-state index is 0.0227. The molecule has 40 heavy (non-hydrogen) atoms. The van der Waals surface area contributed by atoms with Crippen molar-refractivity contribution in [2.45, 2.75) is 21.1 Å². The number of rotatable bonds is 6. The molecule has 16 heteroatoms. The van der Waals surface area contributed by atoms with Gasteiger partial charge < -0.3 is 14.2 Å². The molecular weight excluding hydrogens is 1140 g/mol. The maximum Gasteiger partial charge on any atom is 0.350 e. The van der Waals surface area contributed by atoms with Crippen molar-refractivity contribution in [3.05, 3.63) is 72.8 Å². The SMILES string of the molecule is O=C(Oc1cc(OC(=O)C(Br)(Br)Br)c([S+](c2ccccc2)c2ccccc2)c(OC(=O)C(Br)(Br)Br)c1)C(Br)(Br)Br. The number of hydrogen-bond acceptors (Lipinski definition) is 6. The van der Waals surface area contributed by atoms with Crippen molar-refractivity contribution < 1.29 is 28.6 Å². The van der Waals surface area contributed by atoms with Crippen LogP contribution in [0.5, 0.6) is 17.2 Å². The molecule has 0 spiro atoms. The number of hydrogen-bond donors (Lipinski definition) is 0. The van der Waals surface area contributed by atoms with Crippen molar-refractivity contribution in [3.63, 3.8) is 0 Å². The largest absolute Gasteiger partial charge is 0.424 e. The van der Waals surface area contributed by atoms with Crippen LogP contribution in [0, 0.1) is 0 Å². The van der Waals surface area contributed by atoms with Crippen molar-refractivity contribution in [1.82, 2.24) is 0 Å². The first-order valence-electron chi connectivity index (χ1n) is 10.4. The van der Waals surface area contributed by atoms with E-state index in [2.05, 4.69) is 143 Å². The molecule has 3 aromatic rings. The summed E-state index contributed by atoms with van der Waals surface area (Å²) in [6.07, 6.45) is 0. The van der Waals surface area contributed by atoms with Crippen molar-refractivity contribution in [2.75, 3.05) is 0 Å². The van der Waals surface area contributed by atoms with E-state index in [0.717, 1.165) is 9.79 Å². The van der Waals surface area contributed by atoms with E-state index in [4.69, 9.17) is 14.2 Å². The predicted molar refractivity (Wildman–Crippen MR) is 187 cm³/mol. The minimum atomic E-state index is -1.43. The lowest BCUT2D eigenvalue weighted by atomic mass is 10.3. The highest BCUT2D eigenvalue weighted by atomic mass is 80.0. The van der Waals surface area contributed by atoms with Crippen LogP contribution in [0.15, 0.2) is 87.5 Å². The Morgan fingerprint density at radius 1 is 0.525 bits per heavy atom. The van der Waals surface area contributed by atoms with Crippen LogP contribution in [0.3, 0.4) is 0 Å². The number of carbonyl (C=O) groups is 3. The molecule has 6 nitrogen and oxygen atoms in total. The van der Waals surface area contributed by atoms with E-state index in [-0.39, 0.29) is 17.2 Å². The maximum atomic E-state index is 13.0. The van der Waals surface area contributed by atoms with Crippen molar-refractivity contribution in [2.24, 2.45) is 0 Å². The lowest BCUT2D eigenvalue weighted by Gasteiger charge is -2.20. The number of benzene rings is 3. The van der Waals surface area contributed by atoms with Gasteiger partial charge in [0.1, 0.15) is 16.6 Å². The second-order valence-corrected chi connectivity index (χ2v) is 29.6. The third kappa shape index (κ3) is 9.88. The third-order valence-electron chi connectivity index (χ3n) is 4.47. The van der Waals surface area contributed by atoms with Gasteiger partial charge in [0.2, 0.25) is 6.43 Å². The Balaban J connectivity index is 2.38. The summed E-state index contributed by atoms with van der Waals surface area (Å²) in [4.78, 5) is 40.8. The van der Waals surface area contributed by atoms with Gasteiger partial charge in [-0.1, -0.05) is 36.4 Å². The predicted octanol–water partition coefficient (Wildman–Crippen LogP) is 10.0. The zero-order valence-electron chi connectivity index (χ0n) is 19.2. The summed E-state index contributed by atoms with van der Waals surface area (Å²) < 4.78 is 12.9. The Morgan fingerprint density at radius 3 is 1.18 bits per heavy atom. The Bertz CT molecular complexity index is 1300. The molecule has 0 bridgehead atoms. The van der Waals surface area contributed by atoms with Gasteiger partial charge in [0.25, 0.3) is 4.90 Å². The first kappa shape index (κ1) is 35.2. The van der Waals surface area contributed by atoms with E-state index in [0.29, 0.717) is 4.90 Å². The highest BCUT2D eigenvalue weighted by Gasteiger charge is 2.42. The summed E-state index contributed by atoms with van der Waals surface area (Å²) in [7, 11) is -0.977. The van der Waals surface area contributed by atoms with Gasteiger partial charge in [-0.15, -0.1) is 0 Å². The van der Waals surface area contributed by atoms with Crippen LogP contribution in [0.2, 0.25) is 0 Å². The van der Waals surface area contributed by atoms with Gasteiger partial charge in [0.15, 0.2) is 21.3 Å². The van der Waals surface area contributed by atoms with Gasteiger partial charge >= 0.3 is 17.9 Å². The van der Waals surface area contributed by atoms with E-state index in [9.17, 15) is 14.4 Å². The molecule has 0 saturated carbocycles. The number of carbonyl (C=O) groups excluding carboxylic acids is 3. The van der Waals surface area contributed by atoms with Crippen LogP contribution in [-0.2, 0) is 25.3 Å². The van der Waals surface area contributed by atoms with Crippen molar-refractivity contribution in [1.29, 1.82) is 0 Å². The molecule has 0 heterocycles. The molecule has 0 aliphatic carbocycles.